The van der Waals surface area contributed by atoms with Crippen molar-refractivity contribution in [3.63, 3.8) is 0 Å². The monoisotopic (exact) mass is 723 g/mol. The number of carbonyl (C=O) groups excluding carboxylic acids is 1. The molecule has 8 rings (SSSR count). The minimum atomic E-state index is -1.00. The number of carboxylic acids is 3. The molecule has 8 aromatic rings. The van der Waals surface area contributed by atoms with Crippen LogP contribution in [0, 0.1) is 0 Å². The molecule has 4 aromatic carbocycles. The summed E-state index contributed by atoms with van der Waals surface area (Å²) in [7, 11) is 0. The van der Waals surface area contributed by atoms with Crippen molar-refractivity contribution in [1.82, 2.24) is 19.9 Å². The van der Waals surface area contributed by atoms with E-state index >= 15 is 0 Å². The molecular weight excluding hydrogens is 685 g/mol. The van der Waals surface area contributed by atoms with E-state index in [4.69, 9.17) is 10.2 Å². The summed E-state index contributed by atoms with van der Waals surface area (Å²) in [5.74, 6) is -2.51. The van der Waals surface area contributed by atoms with Crippen molar-refractivity contribution < 1.29 is 29.7 Å². The van der Waals surface area contributed by atoms with Crippen molar-refractivity contribution >= 4 is 99.3 Å². The first-order valence-electron chi connectivity index (χ1n) is 16.6. The molecule has 6 N–H and O–H groups in total. The van der Waals surface area contributed by atoms with Crippen molar-refractivity contribution in [3.05, 3.63) is 145 Å². The van der Waals surface area contributed by atoms with Crippen LogP contribution in [0.5, 0.6) is 0 Å². The van der Waals surface area contributed by atoms with Crippen molar-refractivity contribution in [3.8, 4) is 0 Å². The van der Waals surface area contributed by atoms with Crippen LogP contribution < -0.4 is 5.11 Å². The number of H-pyrrole nitrogens is 4. The van der Waals surface area contributed by atoms with Crippen LogP contribution in [0.15, 0.2) is 128 Å². The van der Waals surface area contributed by atoms with Gasteiger partial charge in [-0.05, 0) is 78.1 Å². The van der Waals surface area contributed by atoms with Crippen LogP contribution in [0.4, 0.5) is 0 Å². The fraction of sp³-hybridized carbons (Fsp3) is 0.146. The van der Waals surface area contributed by atoms with Crippen molar-refractivity contribution in [2.45, 2.75) is 38.5 Å². The summed E-state index contributed by atoms with van der Waals surface area (Å²) in [6, 6.07) is 33.9. The van der Waals surface area contributed by atoms with Gasteiger partial charge in [0.25, 0.3) is 0 Å². The van der Waals surface area contributed by atoms with Gasteiger partial charge in [0.2, 0.25) is 0 Å². The number of carbonyl (C=O) groups is 3. The maximum absolute atomic E-state index is 10.4. The summed E-state index contributed by atoms with van der Waals surface area (Å²) in [6.45, 7) is 0. The number of aromatic amines is 4. The Hall–Kier alpha value is -5.29. The minimum absolute atomic E-state index is 0. The molecule has 0 bridgehead atoms. The first kappa shape index (κ1) is 39.5. The van der Waals surface area contributed by atoms with Crippen molar-refractivity contribution in [2.75, 3.05) is 0 Å². The zero-order chi connectivity index (χ0) is 36.0. The molecule has 0 aliphatic heterocycles. The zero-order valence-corrected chi connectivity index (χ0v) is 30.8. The van der Waals surface area contributed by atoms with Crippen LogP contribution in [0.3, 0.4) is 0 Å². The number of carboxylic acid groups (broad SMARTS) is 3. The van der Waals surface area contributed by atoms with Gasteiger partial charge in [-0.1, -0.05) is 72.8 Å². The Balaban J connectivity index is 0.000000156. The number of rotatable bonds is 9. The maximum Gasteiger partial charge on any atom is 2.00 e. The Labute approximate surface area is 329 Å². The van der Waals surface area contributed by atoms with E-state index in [1.54, 1.807) is 0 Å². The van der Waals surface area contributed by atoms with Gasteiger partial charge >= 0.3 is 49.7 Å². The van der Waals surface area contributed by atoms with E-state index in [0.29, 0.717) is 19.3 Å². The van der Waals surface area contributed by atoms with Crippen LogP contribution in [-0.4, -0.2) is 85.8 Å². The van der Waals surface area contributed by atoms with Crippen LogP contribution in [0.25, 0.3) is 43.6 Å². The molecule has 0 spiro atoms. The van der Waals surface area contributed by atoms with E-state index in [-0.39, 0.29) is 57.0 Å². The summed E-state index contributed by atoms with van der Waals surface area (Å²) in [6.07, 6.45) is 9.69. The molecular formula is C41H39CaN4O6+. The number of hydrogen-bond donors (Lipinski definition) is 6. The molecule has 11 heteroatoms. The number of hydrogen-bond acceptors (Lipinski definition) is 4. The quantitative estimate of drug-likeness (QED) is 0.0873. The Kier molecular flexibility index (Phi) is 15.1. The largest absolute Gasteiger partial charge is 2.00 e. The third-order valence-corrected chi connectivity index (χ3v) is 8.30. The van der Waals surface area contributed by atoms with Gasteiger partial charge in [-0.2, -0.15) is 0 Å². The van der Waals surface area contributed by atoms with Gasteiger partial charge in [-0.25, -0.2) is 0 Å². The topological polar surface area (TPSA) is 178 Å². The molecule has 260 valence electrons. The molecule has 0 fully saturated rings. The Bertz CT molecular complexity index is 2110. The van der Waals surface area contributed by atoms with E-state index in [0.717, 1.165) is 49.4 Å². The van der Waals surface area contributed by atoms with Gasteiger partial charge in [0.1, 0.15) is 0 Å². The number of aromatic nitrogens is 4. The molecule has 0 saturated carbocycles. The van der Waals surface area contributed by atoms with Gasteiger partial charge in [-0.15, -0.1) is 0 Å². The molecule has 0 saturated heterocycles. The zero-order valence-electron chi connectivity index (χ0n) is 28.6. The number of nitrogens with one attached hydrogen (secondary N) is 4. The Morgan fingerprint density at radius 2 is 0.846 bits per heavy atom. The Morgan fingerprint density at radius 3 is 1.23 bits per heavy atom. The first-order chi connectivity index (χ1) is 24.8. The summed E-state index contributed by atoms with van der Waals surface area (Å²) >= 11 is 0. The predicted molar refractivity (Wildman–Crippen MR) is 204 cm³/mol. The van der Waals surface area contributed by atoms with E-state index < -0.39 is 17.9 Å². The molecule has 0 aliphatic rings. The average Bonchev–Trinajstić information content (AvgIpc) is 3.95. The van der Waals surface area contributed by atoms with Gasteiger partial charge in [0.05, 0.1) is 0 Å². The molecule has 10 nitrogen and oxygen atoms in total. The summed E-state index contributed by atoms with van der Waals surface area (Å²) in [5.41, 5.74) is 7.55. The minimum Gasteiger partial charge on any atom is -0.550 e. The van der Waals surface area contributed by atoms with Crippen LogP contribution >= 0.6 is 0 Å². The van der Waals surface area contributed by atoms with Crippen LogP contribution in [0.2, 0.25) is 0 Å². The second-order valence-corrected chi connectivity index (χ2v) is 11.8. The number of aliphatic carboxylic acids is 3. The maximum atomic E-state index is 10.4. The standard InChI is InChI=1S/3C11H11NO2.C8H7N.Ca/c3*13-11(14)6-5-8-7-12-10-4-2-1-3-9(8)10;1-2-4-8-7(3-1)5-6-9-8;/h3*1-4,7,12H,5-6H2,(H,13,14);1-6,9H;/q;;;;+2/p-1. The van der Waals surface area contributed by atoms with Gasteiger partial charge in [0, 0.05) is 81.8 Å². The van der Waals surface area contributed by atoms with E-state index in [1.165, 1.54) is 10.9 Å². The van der Waals surface area contributed by atoms with Gasteiger partial charge in [0.15, 0.2) is 0 Å². The normalized spacial score (nSPS) is 10.3. The molecule has 52 heavy (non-hydrogen) atoms. The van der Waals surface area contributed by atoms with Gasteiger partial charge in [-0.3, -0.25) is 9.59 Å². The fourth-order valence-corrected chi connectivity index (χ4v) is 5.73. The molecule has 4 aromatic heterocycles. The Morgan fingerprint density at radius 1 is 0.481 bits per heavy atom. The predicted octanol–water partition coefficient (Wildman–Crippen LogP) is 7.01. The average molecular weight is 724 g/mol. The first-order valence-corrected chi connectivity index (χ1v) is 16.6. The third kappa shape index (κ3) is 11.4. The van der Waals surface area contributed by atoms with E-state index in [2.05, 4.69) is 38.1 Å². The van der Waals surface area contributed by atoms with Crippen LogP contribution in [0.1, 0.15) is 36.0 Å². The second-order valence-electron chi connectivity index (χ2n) is 11.8. The van der Waals surface area contributed by atoms with Crippen LogP contribution in [-0.2, 0) is 33.6 Å². The van der Waals surface area contributed by atoms with E-state index in [1.807, 2.05) is 110 Å². The SMILES string of the molecule is O=C(O)CCc1c[nH]c2ccccc12.O=C(O)CCc1c[nH]c2ccccc12.O=C([O-])CCc1c[nH]c2ccccc12.[Ca+2].c1ccc2[nH]ccc2c1. The molecule has 0 atom stereocenters. The number of fused-ring (bicyclic) bond motifs is 4. The number of aryl methyl sites for hydroxylation is 3. The smallest absolute Gasteiger partial charge is 0.550 e. The third-order valence-electron chi connectivity index (χ3n) is 8.30. The van der Waals surface area contributed by atoms with Crippen molar-refractivity contribution in [2.24, 2.45) is 0 Å². The summed E-state index contributed by atoms with van der Waals surface area (Å²) < 4.78 is 0. The van der Waals surface area contributed by atoms with E-state index in [9.17, 15) is 19.5 Å². The molecule has 0 radical (unpaired) electrons. The summed E-state index contributed by atoms with van der Waals surface area (Å²) in [4.78, 5) is 43.6. The second kappa shape index (κ2) is 19.9. The number of benzene rings is 4. The van der Waals surface area contributed by atoms with Gasteiger partial charge < -0.3 is 40.1 Å². The molecule has 0 amide bonds. The summed E-state index contributed by atoms with van der Waals surface area (Å²) in [5, 5.41) is 32.1. The van der Waals surface area contributed by atoms with Crippen molar-refractivity contribution in [1.29, 1.82) is 0 Å². The molecule has 4 heterocycles. The molecule has 0 aliphatic carbocycles. The fourth-order valence-electron chi connectivity index (χ4n) is 5.73. The number of para-hydroxylation sites is 4. The molecule has 0 unspecified atom stereocenters.